The molecule has 480 valence electrons. The van der Waals surface area contributed by atoms with Crippen molar-refractivity contribution in [2.45, 2.75) is 0 Å². The van der Waals surface area contributed by atoms with Gasteiger partial charge in [0.25, 0.3) is 0 Å². The van der Waals surface area contributed by atoms with Gasteiger partial charge in [0.05, 0.1) is 0 Å². The monoisotopic (exact) mass is 1320 g/mol. The van der Waals surface area contributed by atoms with Crippen molar-refractivity contribution >= 4 is 173 Å². The molecule has 0 aliphatic carbocycles. The van der Waals surface area contributed by atoms with Crippen molar-refractivity contribution in [3.05, 3.63) is 364 Å². The van der Waals surface area contributed by atoms with Crippen LogP contribution in [0.1, 0.15) is 0 Å². The summed E-state index contributed by atoms with van der Waals surface area (Å²) in [4.78, 5) is 0. The zero-order chi connectivity index (χ0) is 68.1. The molecule has 2 heteroatoms. The summed E-state index contributed by atoms with van der Waals surface area (Å²) < 4.78 is 13.4. The Hall–Kier alpha value is -13.7. The van der Waals surface area contributed by atoms with Crippen LogP contribution in [0.3, 0.4) is 0 Å². The number of hydrogen-bond donors (Lipinski definition) is 0. The summed E-state index contributed by atoms with van der Waals surface area (Å²) in [6.45, 7) is 0. The smallest absolute Gasteiger partial charge is 0.143 e. The third-order valence-corrected chi connectivity index (χ3v) is 22.4. The van der Waals surface area contributed by atoms with Gasteiger partial charge in [-0.3, -0.25) is 0 Å². The largest absolute Gasteiger partial charge is 0.455 e. The molecule has 0 spiro atoms. The molecule has 0 aliphatic rings. The van der Waals surface area contributed by atoms with Crippen LogP contribution >= 0.6 is 0 Å². The Morgan fingerprint density at radius 1 is 0.135 bits per heavy atom. The Morgan fingerprint density at radius 2 is 0.385 bits per heavy atom. The molecule has 0 saturated heterocycles. The average Bonchev–Trinajstić information content (AvgIpc) is 1.55. The second-order valence-electron chi connectivity index (χ2n) is 27.9. The second-order valence-corrected chi connectivity index (χ2v) is 27.9. The first-order chi connectivity index (χ1) is 51.6. The van der Waals surface area contributed by atoms with E-state index in [4.69, 9.17) is 8.83 Å². The van der Waals surface area contributed by atoms with E-state index >= 15 is 0 Å². The number of fused-ring (bicyclic) bond motifs is 27. The lowest BCUT2D eigenvalue weighted by Crippen LogP contribution is -1.91. The van der Waals surface area contributed by atoms with Gasteiger partial charge in [0.2, 0.25) is 0 Å². The van der Waals surface area contributed by atoms with E-state index in [-0.39, 0.29) is 0 Å². The number of benzene rings is 21. The topological polar surface area (TPSA) is 26.3 Å². The van der Waals surface area contributed by atoms with E-state index in [1.807, 2.05) is 0 Å². The van der Waals surface area contributed by atoms with Gasteiger partial charge in [-0.2, -0.15) is 0 Å². The summed E-state index contributed by atoms with van der Waals surface area (Å²) in [5.74, 6) is 0. The van der Waals surface area contributed by atoms with Crippen LogP contribution in [-0.4, -0.2) is 0 Å². The van der Waals surface area contributed by atoms with Crippen LogP contribution in [0.4, 0.5) is 0 Å². The van der Waals surface area contributed by atoms with E-state index in [0.29, 0.717) is 0 Å². The first kappa shape index (κ1) is 58.2. The van der Waals surface area contributed by atoms with E-state index in [1.54, 1.807) is 0 Å². The normalized spacial score (nSPS) is 12.0. The summed E-state index contributed by atoms with van der Waals surface area (Å²) in [7, 11) is 0. The Labute approximate surface area is 597 Å². The highest BCUT2D eigenvalue weighted by atomic mass is 16.3. The van der Waals surface area contributed by atoms with E-state index in [0.717, 1.165) is 43.9 Å². The zero-order valence-electron chi connectivity index (χ0n) is 56.5. The molecule has 2 heterocycles. The third-order valence-electron chi connectivity index (χ3n) is 22.4. The molecular weight excluding hydrogens is 1260 g/mol. The average molecular weight is 1320 g/mol. The molecule has 0 saturated carbocycles. The summed E-state index contributed by atoms with van der Waals surface area (Å²) in [5.41, 5.74) is 16.0. The summed E-state index contributed by atoms with van der Waals surface area (Å²) in [6.07, 6.45) is 0. The van der Waals surface area contributed by atoms with Gasteiger partial charge in [0.15, 0.2) is 0 Å². The predicted molar refractivity (Wildman–Crippen MR) is 445 cm³/mol. The molecule has 0 unspecified atom stereocenters. The second kappa shape index (κ2) is 22.9. The SMILES string of the molecule is c1ccc2c(-c3ccc4oc5c6ccccc6c6ccccc6c5c4c3)c3ccccc3c(-c3ccc4c5ccccc5c5ccccc5c4c3)c2c1.c1ccc2cc(-c3ccc(-c4c5ccccc5c(-c5ccc6oc7c8ccccc8c8ccccc8c7c6c5)c5ccccc45)cc3)ccc2c1. The lowest BCUT2D eigenvalue weighted by Gasteiger charge is -2.18. The van der Waals surface area contributed by atoms with Gasteiger partial charge in [-0.1, -0.05) is 328 Å². The Balaban J connectivity index is 0.000000131. The minimum atomic E-state index is 0.909. The van der Waals surface area contributed by atoms with Crippen molar-refractivity contribution in [1.82, 2.24) is 0 Å². The van der Waals surface area contributed by atoms with Crippen LogP contribution in [0.25, 0.3) is 229 Å². The quantitative estimate of drug-likeness (QED) is 0.127. The van der Waals surface area contributed by atoms with Crippen molar-refractivity contribution in [2.24, 2.45) is 0 Å². The maximum Gasteiger partial charge on any atom is 0.143 e. The fraction of sp³-hybridized carbons (Fsp3) is 0. The molecule has 0 bridgehead atoms. The Bertz CT molecular complexity index is 7450. The van der Waals surface area contributed by atoms with Crippen molar-refractivity contribution in [1.29, 1.82) is 0 Å². The fourth-order valence-corrected chi connectivity index (χ4v) is 17.9. The first-order valence-corrected chi connectivity index (χ1v) is 35.9. The lowest BCUT2D eigenvalue weighted by atomic mass is 9.84. The van der Waals surface area contributed by atoms with E-state index in [1.165, 1.54) is 185 Å². The molecule has 21 aromatic carbocycles. The van der Waals surface area contributed by atoms with Crippen LogP contribution in [0.15, 0.2) is 373 Å². The molecule has 0 radical (unpaired) electrons. The van der Waals surface area contributed by atoms with Gasteiger partial charge >= 0.3 is 0 Å². The first-order valence-electron chi connectivity index (χ1n) is 35.9. The molecule has 23 rings (SSSR count). The van der Waals surface area contributed by atoms with Gasteiger partial charge in [0, 0.05) is 32.3 Å². The van der Waals surface area contributed by atoms with E-state index in [2.05, 4.69) is 364 Å². The number of furan rings is 2. The molecule has 0 aliphatic heterocycles. The highest BCUT2D eigenvalue weighted by Gasteiger charge is 2.24. The van der Waals surface area contributed by atoms with Crippen molar-refractivity contribution in [3.8, 4) is 55.6 Å². The van der Waals surface area contributed by atoms with Gasteiger partial charge in [-0.25, -0.2) is 0 Å². The van der Waals surface area contributed by atoms with Crippen LogP contribution in [-0.2, 0) is 0 Å². The summed E-state index contributed by atoms with van der Waals surface area (Å²) in [5, 5.41) is 34.6. The van der Waals surface area contributed by atoms with Gasteiger partial charge in [0.1, 0.15) is 22.3 Å². The maximum absolute atomic E-state index is 6.71. The van der Waals surface area contributed by atoms with Gasteiger partial charge in [-0.05, 0) is 211 Å². The molecule has 0 fully saturated rings. The number of rotatable bonds is 5. The molecule has 0 amide bonds. The maximum atomic E-state index is 6.71. The van der Waals surface area contributed by atoms with Crippen molar-refractivity contribution in [3.63, 3.8) is 0 Å². The molecule has 23 aromatic rings. The third kappa shape index (κ3) is 8.76. The fourth-order valence-electron chi connectivity index (χ4n) is 17.9. The van der Waals surface area contributed by atoms with Crippen molar-refractivity contribution < 1.29 is 8.83 Å². The van der Waals surface area contributed by atoms with E-state index < -0.39 is 0 Å². The highest BCUT2D eigenvalue weighted by Crippen LogP contribution is 2.51. The molecule has 0 N–H and O–H groups in total. The molecular formula is C102H60O2. The molecule has 0 atom stereocenters. The molecule has 2 aromatic heterocycles. The lowest BCUT2D eigenvalue weighted by molar-refractivity contribution is 0.672. The Kier molecular flexibility index (Phi) is 12.8. The Morgan fingerprint density at radius 3 is 0.779 bits per heavy atom. The summed E-state index contributed by atoms with van der Waals surface area (Å²) >= 11 is 0. The van der Waals surface area contributed by atoms with E-state index in [9.17, 15) is 0 Å². The standard InChI is InChI=1S/C52H30O.C50H30O/c1-2-15-35-33(13-1)34-14-3-4-18-38(34)46-29-31(25-27-39(35)46)49-41-20-8-10-22-43(41)50(44-23-11-9-21-42(44)49)32-26-28-48-47(30-32)51-40-19-7-5-16-36(40)37-17-6-12-24-45(37)52(51)53-48;1-2-12-34-29-35(26-23-31(34)11-1)32-21-24-33(25-22-32)47-40-16-6-8-18-42(40)48(43-19-9-7-17-41(43)47)36-27-28-46-45(30-36)49-39-15-5-3-13-37(39)38-14-4-10-20-44(38)50(49)51-46/h1-30H;1-30H. The minimum Gasteiger partial charge on any atom is -0.455 e. The minimum absolute atomic E-state index is 0.909. The number of hydrogen-bond acceptors (Lipinski definition) is 2. The predicted octanol–water partition coefficient (Wildman–Crippen LogP) is 29.3. The summed E-state index contributed by atoms with van der Waals surface area (Å²) in [6, 6.07) is 133. The molecule has 104 heavy (non-hydrogen) atoms. The highest BCUT2D eigenvalue weighted by molar-refractivity contribution is 6.34. The van der Waals surface area contributed by atoms with Crippen LogP contribution in [0.5, 0.6) is 0 Å². The zero-order valence-corrected chi connectivity index (χ0v) is 56.5. The van der Waals surface area contributed by atoms with Crippen molar-refractivity contribution in [2.75, 3.05) is 0 Å². The molecule has 2 nitrogen and oxygen atoms in total. The van der Waals surface area contributed by atoms with Gasteiger partial charge < -0.3 is 8.83 Å². The van der Waals surface area contributed by atoms with Gasteiger partial charge in [-0.15, -0.1) is 0 Å². The van der Waals surface area contributed by atoms with Crippen LogP contribution in [0, 0.1) is 0 Å². The van der Waals surface area contributed by atoms with Crippen LogP contribution < -0.4 is 0 Å². The van der Waals surface area contributed by atoms with Crippen LogP contribution in [0.2, 0.25) is 0 Å².